The molecule has 4 nitrogen and oxygen atoms in total. The zero-order valence-electron chi connectivity index (χ0n) is 9.62. The number of rotatable bonds is 6. The van der Waals surface area contributed by atoms with E-state index >= 15 is 0 Å². The molecule has 1 aliphatic rings. The molecule has 1 aliphatic carbocycles. The van der Waals surface area contributed by atoms with E-state index in [9.17, 15) is 8.42 Å². The maximum Gasteiger partial charge on any atom is 0.213 e. The fraction of sp³-hybridized carbons (Fsp3) is 1.00. The summed E-state index contributed by atoms with van der Waals surface area (Å²) in [6, 6.07) is 0.164. The van der Waals surface area contributed by atoms with E-state index in [0.717, 1.165) is 25.8 Å². The lowest BCUT2D eigenvalue weighted by Crippen LogP contribution is -2.40. The van der Waals surface area contributed by atoms with Gasteiger partial charge in [-0.15, -0.1) is 0 Å². The van der Waals surface area contributed by atoms with Crippen molar-refractivity contribution in [3.05, 3.63) is 0 Å². The van der Waals surface area contributed by atoms with E-state index in [-0.39, 0.29) is 11.8 Å². The van der Waals surface area contributed by atoms with E-state index in [1.807, 2.05) is 6.92 Å². The van der Waals surface area contributed by atoms with E-state index < -0.39 is 10.0 Å². The molecule has 0 aromatic rings. The topological polar surface area (TPSA) is 58.2 Å². The number of nitrogens with one attached hydrogen (secondary N) is 2. The molecule has 0 bridgehead atoms. The molecule has 2 unspecified atom stereocenters. The van der Waals surface area contributed by atoms with Crippen molar-refractivity contribution in [3.8, 4) is 0 Å². The molecule has 0 saturated heterocycles. The van der Waals surface area contributed by atoms with Crippen LogP contribution in [0.2, 0.25) is 0 Å². The Morgan fingerprint density at radius 2 is 2.07 bits per heavy atom. The normalized spacial score (nSPS) is 27.1. The summed E-state index contributed by atoms with van der Waals surface area (Å²) in [5.74, 6) is 0.670. The van der Waals surface area contributed by atoms with Gasteiger partial charge < -0.3 is 5.32 Å². The first-order valence-corrected chi connectivity index (χ1v) is 7.41. The molecule has 2 N–H and O–H groups in total. The van der Waals surface area contributed by atoms with Crippen molar-refractivity contribution >= 4 is 10.0 Å². The van der Waals surface area contributed by atoms with E-state index in [2.05, 4.69) is 17.0 Å². The summed E-state index contributed by atoms with van der Waals surface area (Å²) in [6.07, 6.45) is 3.27. The summed E-state index contributed by atoms with van der Waals surface area (Å²) in [4.78, 5) is 0. The zero-order chi connectivity index (χ0) is 11.3. The van der Waals surface area contributed by atoms with Gasteiger partial charge in [0.25, 0.3) is 0 Å². The van der Waals surface area contributed by atoms with Gasteiger partial charge in [-0.2, -0.15) is 0 Å². The van der Waals surface area contributed by atoms with Gasteiger partial charge in [-0.05, 0) is 25.3 Å². The predicted octanol–water partition coefficient (Wildman–Crippen LogP) is 0.704. The van der Waals surface area contributed by atoms with Gasteiger partial charge in [0.15, 0.2) is 0 Å². The number of hydrogen-bond donors (Lipinski definition) is 2. The molecule has 2 atom stereocenters. The molecule has 90 valence electrons. The van der Waals surface area contributed by atoms with Crippen LogP contribution in [0.3, 0.4) is 0 Å². The van der Waals surface area contributed by atoms with E-state index in [1.54, 1.807) is 0 Å². The molecule has 1 saturated carbocycles. The fourth-order valence-electron chi connectivity index (χ4n) is 1.99. The summed E-state index contributed by atoms with van der Waals surface area (Å²) in [6.45, 7) is 5.44. The minimum absolute atomic E-state index is 0.164. The molecule has 5 heteroatoms. The van der Waals surface area contributed by atoms with E-state index in [4.69, 9.17) is 0 Å². The van der Waals surface area contributed by atoms with Crippen molar-refractivity contribution in [2.24, 2.45) is 5.92 Å². The van der Waals surface area contributed by atoms with Crippen molar-refractivity contribution in [1.82, 2.24) is 10.0 Å². The van der Waals surface area contributed by atoms with Crippen molar-refractivity contribution in [2.45, 2.75) is 39.2 Å². The highest BCUT2D eigenvalue weighted by Gasteiger charge is 2.26. The molecule has 0 aromatic carbocycles. The lowest BCUT2D eigenvalue weighted by Gasteiger charge is -2.17. The van der Waals surface area contributed by atoms with E-state index in [0.29, 0.717) is 12.5 Å². The summed E-state index contributed by atoms with van der Waals surface area (Å²) in [5, 5.41) is 3.02. The van der Waals surface area contributed by atoms with Crippen LogP contribution in [-0.4, -0.2) is 33.3 Å². The van der Waals surface area contributed by atoms with Gasteiger partial charge in [-0.1, -0.05) is 20.3 Å². The third-order valence-electron chi connectivity index (χ3n) is 2.99. The molecule has 0 aromatic heterocycles. The lowest BCUT2D eigenvalue weighted by atomic mass is 10.1. The number of sulfonamides is 1. The van der Waals surface area contributed by atoms with E-state index in [1.165, 1.54) is 0 Å². The highest BCUT2D eigenvalue weighted by atomic mass is 32.2. The van der Waals surface area contributed by atoms with Crippen molar-refractivity contribution in [3.63, 3.8) is 0 Å². The highest BCUT2D eigenvalue weighted by molar-refractivity contribution is 7.89. The molecule has 0 heterocycles. The summed E-state index contributed by atoms with van der Waals surface area (Å²) in [5.41, 5.74) is 0. The Kier molecular flexibility index (Phi) is 5.02. The zero-order valence-corrected chi connectivity index (χ0v) is 10.4. The van der Waals surface area contributed by atoms with Gasteiger partial charge in [-0.3, -0.25) is 0 Å². The standard InChI is InChI=1S/C10H22N2O2S/c1-3-11-7-8-15(13,14)12-10-6-4-5-9(10)2/h9-12H,3-8H2,1-2H3. The number of hydrogen-bond acceptors (Lipinski definition) is 3. The third-order valence-corrected chi connectivity index (χ3v) is 4.39. The molecule has 15 heavy (non-hydrogen) atoms. The second-order valence-corrected chi connectivity index (χ2v) is 6.18. The van der Waals surface area contributed by atoms with Gasteiger partial charge in [0.05, 0.1) is 5.75 Å². The maximum atomic E-state index is 11.7. The maximum absolute atomic E-state index is 11.7. The van der Waals surface area contributed by atoms with Crippen LogP contribution < -0.4 is 10.0 Å². The molecular formula is C10H22N2O2S. The second kappa shape index (κ2) is 5.82. The summed E-state index contributed by atoms with van der Waals surface area (Å²) >= 11 is 0. The van der Waals surface area contributed by atoms with Crippen LogP contribution >= 0.6 is 0 Å². The van der Waals surface area contributed by atoms with Crippen LogP contribution in [0.15, 0.2) is 0 Å². The Balaban J connectivity index is 2.35. The largest absolute Gasteiger partial charge is 0.316 e. The van der Waals surface area contributed by atoms with Crippen molar-refractivity contribution in [1.29, 1.82) is 0 Å². The molecule has 1 fully saturated rings. The second-order valence-electron chi connectivity index (χ2n) is 4.30. The SMILES string of the molecule is CCNCCS(=O)(=O)NC1CCCC1C. The van der Waals surface area contributed by atoms with Gasteiger partial charge in [0.2, 0.25) is 10.0 Å². The van der Waals surface area contributed by atoms with Gasteiger partial charge in [0, 0.05) is 12.6 Å². The average Bonchev–Trinajstić information content (AvgIpc) is 2.51. The molecule has 0 radical (unpaired) electrons. The van der Waals surface area contributed by atoms with Gasteiger partial charge in [-0.25, -0.2) is 13.1 Å². The molecule has 1 rings (SSSR count). The summed E-state index contributed by atoms with van der Waals surface area (Å²) < 4.78 is 26.1. The molecule has 0 amide bonds. The fourth-order valence-corrected chi connectivity index (χ4v) is 3.34. The van der Waals surface area contributed by atoms with Crippen LogP contribution in [0.1, 0.15) is 33.1 Å². The lowest BCUT2D eigenvalue weighted by molar-refractivity contribution is 0.476. The minimum atomic E-state index is -3.08. The summed E-state index contributed by atoms with van der Waals surface area (Å²) in [7, 11) is -3.08. The third kappa shape index (κ3) is 4.49. The average molecular weight is 234 g/mol. The first-order valence-electron chi connectivity index (χ1n) is 5.76. The van der Waals surface area contributed by atoms with Crippen LogP contribution in [0, 0.1) is 5.92 Å². The van der Waals surface area contributed by atoms with Crippen molar-refractivity contribution < 1.29 is 8.42 Å². The monoisotopic (exact) mass is 234 g/mol. The molecule has 0 aliphatic heterocycles. The predicted molar refractivity (Wildman–Crippen MR) is 62.3 cm³/mol. The Hall–Kier alpha value is -0.130. The smallest absolute Gasteiger partial charge is 0.213 e. The highest BCUT2D eigenvalue weighted by Crippen LogP contribution is 2.25. The first-order chi connectivity index (χ1) is 7.05. The quantitative estimate of drug-likeness (QED) is 0.665. The van der Waals surface area contributed by atoms with Gasteiger partial charge in [0.1, 0.15) is 0 Å². The van der Waals surface area contributed by atoms with Crippen LogP contribution in [-0.2, 0) is 10.0 Å². The Morgan fingerprint density at radius 3 is 2.60 bits per heavy atom. The Bertz CT molecular complexity index is 277. The molecular weight excluding hydrogens is 212 g/mol. The minimum Gasteiger partial charge on any atom is -0.316 e. The Labute approximate surface area is 92.9 Å². The van der Waals surface area contributed by atoms with Crippen LogP contribution in [0.25, 0.3) is 0 Å². The van der Waals surface area contributed by atoms with Crippen molar-refractivity contribution in [2.75, 3.05) is 18.8 Å². The Morgan fingerprint density at radius 1 is 1.33 bits per heavy atom. The molecule has 0 spiro atoms. The van der Waals surface area contributed by atoms with Gasteiger partial charge >= 0.3 is 0 Å². The first kappa shape index (κ1) is 12.9. The van der Waals surface area contributed by atoms with Crippen LogP contribution in [0.5, 0.6) is 0 Å². The van der Waals surface area contributed by atoms with Crippen LogP contribution in [0.4, 0.5) is 0 Å².